The number of hydrogen-bond acceptors (Lipinski definition) is 6. The van der Waals surface area contributed by atoms with Crippen molar-refractivity contribution < 1.29 is 14.3 Å². The minimum absolute atomic E-state index is 0.0173. The molecule has 4 heterocycles. The maximum absolute atomic E-state index is 14.7. The van der Waals surface area contributed by atoms with Crippen molar-refractivity contribution in [3.8, 4) is 23.2 Å². The molecular formula is C40H38N6O3. The van der Waals surface area contributed by atoms with E-state index in [1.54, 1.807) is 11.0 Å². The lowest BCUT2D eigenvalue weighted by Crippen LogP contribution is -2.43. The van der Waals surface area contributed by atoms with E-state index in [1.165, 1.54) is 30.0 Å². The minimum atomic E-state index is -0.280. The first-order chi connectivity index (χ1) is 23.8. The Hall–Kier alpha value is -5.72. The highest BCUT2D eigenvalue weighted by atomic mass is 16.5. The van der Waals surface area contributed by atoms with E-state index >= 15 is 0 Å². The van der Waals surface area contributed by atoms with Gasteiger partial charge in [-0.25, -0.2) is 4.98 Å². The number of anilines is 2. The molecular weight excluding hydrogens is 612 g/mol. The number of para-hydroxylation sites is 1. The third kappa shape index (κ3) is 5.74. The summed E-state index contributed by atoms with van der Waals surface area (Å²) in [7, 11) is 3.39. The Kier molecular flexibility index (Phi) is 8.49. The largest absolute Gasteiger partial charge is 0.480 e. The Labute approximate surface area is 286 Å². The minimum Gasteiger partial charge on any atom is -0.480 e. The van der Waals surface area contributed by atoms with Crippen molar-refractivity contribution in [2.24, 2.45) is 7.05 Å². The molecule has 0 spiro atoms. The number of nitriles is 1. The van der Waals surface area contributed by atoms with Gasteiger partial charge in [0, 0.05) is 54.4 Å². The van der Waals surface area contributed by atoms with Gasteiger partial charge in [0.1, 0.15) is 11.6 Å². The van der Waals surface area contributed by atoms with Gasteiger partial charge in [-0.1, -0.05) is 42.5 Å². The predicted molar refractivity (Wildman–Crippen MR) is 189 cm³/mol. The van der Waals surface area contributed by atoms with E-state index in [-0.39, 0.29) is 29.3 Å². The number of pyridine rings is 1. The maximum atomic E-state index is 14.7. The van der Waals surface area contributed by atoms with Crippen molar-refractivity contribution in [1.29, 1.82) is 5.26 Å². The highest BCUT2D eigenvalue weighted by Gasteiger charge is 2.32. The summed E-state index contributed by atoms with van der Waals surface area (Å²) in [4.78, 5) is 37.1. The summed E-state index contributed by atoms with van der Waals surface area (Å²) in [5.41, 5.74) is 9.54. The predicted octanol–water partition coefficient (Wildman–Crippen LogP) is 6.49. The van der Waals surface area contributed by atoms with Crippen LogP contribution in [0.25, 0.3) is 11.3 Å². The molecule has 5 aromatic rings. The molecule has 2 aromatic heterocycles. The van der Waals surface area contributed by atoms with Crippen LogP contribution in [0.15, 0.2) is 85.1 Å². The van der Waals surface area contributed by atoms with Crippen LogP contribution in [0, 0.1) is 18.3 Å². The number of aromatic nitrogens is 2. The van der Waals surface area contributed by atoms with Crippen LogP contribution in [0.3, 0.4) is 0 Å². The van der Waals surface area contributed by atoms with Gasteiger partial charge in [0.05, 0.1) is 24.6 Å². The number of hydrogen-bond donors (Lipinski definition) is 1. The van der Waals surface area contributed by atoms with Crippen molar-refractivity contribution in [2.45, 2.75) is 45.8 Å². The summed E-state index contributed by atoms with van der Waals surface area (Å²) in [6.07, 6.45) is 3.19. The highest BCUT2D eigenvalue weighted by Crippen LogP contribution is 2.36. The second-order valence-corrected chi connectivity index (χ2v) is 12.8. The fraction of sp³-hybridized carbons (Fsp3) is 0.250. The fourth-order valence-corrected chi connectivity index (χ4v) is 7.09. The first kappa shape index (κ1) is 31.9. The number of rotatable bonds is 6. The third-order valence-corrected chi connectivity index (χ3v) is 9.89. The summed E-state index contributed by atoms with van der Waals surface area (Å²) in [5.74, 6) is -0.106. The topological polar surface area (TPSA) is 103 Å². The molecule has 0 aliphatic carbocycles. The number of methoxy groups -OCH3 is 1. The SMILES string of the molecule is COc1ncc(N(C(=O)c2cc(-c3cc4c(cc3C(=O)N3Cc5ccccc5C[C@H]3C)CNCC4)n(C)c2C)c2ccccc2)cc1C#N. The van der Waals surface area contributed by atoms with Crippen LogP contribution < -0.4 is 15.0 Å². The number of fused-ring (bicyclic) bond motifs is 2. The summed E-state index contributed by atoms with van der Waals surface area (Å²) in [6.45, 7) is 6.15. The van der Waals surface area contributed by atoms with E-state index in [2.05, 4.69) is 53.6 Å². The molecule has 9 heteroatoms. The van der Waals surface area contributed by atoms with Gasteiger partial charge < -0.3 is 19.5 Å². The molecule has 2 aliphatic heterocycles. The lowest BCUT2D eigenvalue weighted by atomic mass is 9.90. The molecule has 246 valence electrons. The lowest BCUT2D eigenvalue weighted by Gasteiger charge is -2.35. The Morgan fingerprint density at radius 2 is 1.71 bits per heavy atom. The van der Waals surface area contributed by atoms with Crippen molar-refractivity contribution in [3.63, 3.8) is 0 Å². The molecule has 0 bridgehead atoms. The zero-order valence-corrected chi connectivity index (χ0v) is 28.2. The Morgan fingerprint density at radius 3 is 2.47 bits per heavy atom. The molecule has 0 radical (unpaired) electrons. The molecule has 0 saturated carbocycles. The van der Waals surface area contributed by atoms with E-state index in [4.69, 9.17) is 4.74 Å². The van der Waals surface area contributed by atoms with Crippen LogP contribution in [0.5, 0.6) is 5.88 Å². The average molecular weight is 651 g/mol. The Balaban J connectivity index is 1.34. The molecule has 9 nitrogen and oxygen atoms in total. The molecule has 0 saturated heterocycles. The number of ether oxygens (including phenoxy) is 1. The molecule has 2 aliphatic rings. The molecule has 1 N–H and O–H groups in total. The van der Waals surface area contributed by atoms with Crippen molar-refractivity contribution in [3.05, 3.63) is 130 Å². The quantitative estimate of drug-likeness (QED) is 0.226. The first-order valence-corrected chi connectivity index (χ1v) is 16.5. The van der Waals surface area contributed by atoms with E-state index < -0.39 is 0 Å². The summed E-state index contributed by atoms with van der Waals surface area (Å²) >= 11 is 0. The molecule has 0 unspecified atom stereocenters. The highest BCUT2D eigenvalue weighted by molar-refractivity contribution is 6.12. The molecule has 1 atom stereocenters. The van der Waals surface area contributed by atoms with Gasteiger partial charge in [-0.15, -0.1) is 0 Å². The summed E-state index contributed by atoms with van der Waals surface area (Å²) < 4.78 is 7.27. The van der Waals surface area contributed by atoms with E-state index in [0.29, 0.717) is 35.6 Å². The first-order valence-electron chi connectivity index (χ1n) is 16.5. The van der Waals surface area contributed by atoms with Gasteiger partial charge in [0.2, 0.25) is 5.88 Å². The smallest absolute Gasteiger partial charge is 0.264 e. The van der Waals surface area contributed by atoms with E-state index in [9.17, 15) is 14.9 Å². The van der Waals surface area contributed by atoms with Gasteiger partial charge in [-0.2, -0.15) is 5.26 Å². The van der Waals surface area contributed by atoms with Crippen molar-refractivity contribution >= 4 is 23.2 Å². The maximum Gasteiger partial charge on any atom is 0.264 e. The van der Waals surface area contributed by atoms with Gasteiger partial charge in [0.25, 0.3) is 11.8 Å². The standard InChI is InChI=1S/C40H38N6O3/c1-25-16-27-10-8-9-11-29(27)24-45(25)39(47)36-19-31-22-42-15-14-28(31)18-35(36)37-20-34(26(2)44(37)3)40(48)46(32-12-6-5-7-13-32)33-17-30(21-41)38(49-4)43-23-33/h5-13,17-20,23,25,42H,14-16,22,24H2,1-4H3/t25-/m1/s1. The second kappa shape index (κ2) is 13.1. The summed E-state index contributed by atoms with van der Waals surface area (Å²) in [6, 6.07) is 27.5. The number of amides is 2. The summed E-state index contributed by atoms with van der Waals surface area (Å²) in [5, 5.41) is 13.2. The Bertz CT molecular complexity index is 2130. The Morgan fingerprint density at radius 1 is 0.959 bits per heavy atom. The second-order valence-electron chi connectivity index (χ2n) is 12.8. The van der Waals surface area contributed by atoms with Crippen LogP contribution in [-0.4, -0.2) is 46.0 Å². The van der Waals surface area contributed by atoms with Crippen molar-refractivity contribution in [2.75, 3.05) is 18.6 Å². The van der Waals surface area contributed by atoms with E-state index in [0.717, 1.165) is 41.9 Å². The lowest BCUT2D eigenvalue weighted by molar-refractivity contribution is 0.0658. The van der Waals surface area contributed by atoms with Crippen molar-refractivity contribution in [1.82, 2.24) is 19.8 Å². The molecule has 49 heavy (non-hydrogen) atoms. The number of benzene rings is 3. The zero-order valence-electron chi connectivity index (χ0n) is 28.2. The molecule has 2 amide bonds. The normalized spacial score (nSPS) is 15.2. The van der Waals surface area contributed by atoms with Gasteiger partial charge in [-0.05, 0) is 91.9 Å². The third-order valence-electron chi connectivity index (χ3n) is 9.89. The van der Waals surface area contributed by atoms with E-state index in [1.807, 2.05) is 65.9 Å². The van der Waals surface area contributed by atoms with Crippen LogP contribution in [-0.2, 0) is 33.0 Å². The van der Waals surface area contributed by atoms with Gasteiger partial charge >= 0.3 is 0 Å². The monoisotopic (exact) mass is 650 g/mol. The van der Waals surface area contributed by atoms with Gasteiger partial charge in [0.15, 0.2) is 0 Å². The van der Waals surface area contributed by atoms with Crippen LogP contribution in [0.4, 0.5) is 11.4 Å². The van der Waals surface area contributed by atoms with Crippen LogP contribution in [0.2, 0.25) is 0 Å². The zero-order chi connectivity index (χ0) is 34.2. The molecule has 3 aromatic carbocycles. The van der Waals surface area contributed by atoms with Gasteiger partial charge in [-0.3, -0.25) is 14.5 Å². The number of carbonyl (C=O) groups is 2. The van der Waals surface area contributed by atoms with Crippen LogP contribution in [0.1, 0.15) is 61.2 Å². The fourth-order valence-electron chi connectivity index (χ4n) is 7.09. The molecule has 7 rings (SSSR count). The average Bonchev–Trinajstić information content (AvgIpc) is 3.43. The van der Waals surface area contributed by atoms with Crippen LogP contribution >= 0.6 is 0 Å². The molecule has 0 fully saturated rings. The number of carbonyl (C=O) groups excluding carboxylic acids is 2. The number of nitrogens with zero attached hydrogens (tertiary/aromatic N) is 5. The number of nitrogens with one attached hydrogen (secondary N) is 1.